The first-order valence-electron chi connectivity index (χ1n) is 5.90. The van der Waals surface area contributed by atoms with Crippen LogP contribution in [0, 0.1) is 11.3 Å². The van der Waals surface area contributed by atoms with E-state index in [4.69, 9.17) is 11.0 Å². The summed E-state index contributed by atoms with van der Waals surface area (Å²) in [6.07, 6.45) is 0.525. The van der Waals surface area contributed by atoms with Crippen molar-refractivity contribution in [2.75, 3.05) is 19.3 Å². The predicted molar refractivity (Wildman–Crippen MR) is 72.7 cm³/mol. The molecule has 4 nitrogen and oxygen atoms in total. The van der Waals surface area contributed by atoms with Gasteiger partial charge in [-0.05, 0) is 19.2 Å². The number of benzene rings is 1. The van der Waals surface area contributed by atoms with Gasteiger partial charge < -0.3 is 10.6 Å². The number of rotatable bonds is 4. The first-order chi connectivity index (χ1) is 8.70. The van der Waals surface area contributed by atoms with Crippen LogP contribution in [0.25, 0.3) is 10.9 Å². The third-order valence-corrected chi connectivity index (χ3v) is 2.88. The van der Waals surface area contributed by atoms with E-state index in [-0.39, 0.29) is 0 Å². The van der Waals surface area contributed by atoms with E-state index in [1.165, 1.54) is 0 Å². The van der Waals surface area contributed by atoms with Crippen LogP contribution in [0.15, 0.2) is 30.3 Å². The van der Waals surface area contributed by atoms with Gasteiger partial charge in [0.05, 0.1) is 11.6 Å². The maximum atomic E-state index is 8.56. The molecule has 0 bridgehead atoms. The summed E-state index contributed by atoms with van der Waals surface area (Å²) in [7, 11) is 1.98. The Bertz CT molecular complexity index is 586. The van der Waals surface area contributed by atoms with Gasteiger partial charge in [-0.25, -0.2) is 4.98 Å². The number of pyridine rings is 1. The molecule has 0 aliphatic rings. The number of nitrogens with zero attached hydrogens (tertiary/aromatic N) is 3. The molecule has 0 atom stereocenters. The molecule has 0 radical (unpaired) electrons. The highest BCUT2D eigenvalue weighted by Crippen LogP contribution is 2.19. The lowest BCUT2D eigenvalue weighted by Crippen LogP contribution is -2.19. The first kappa shape index (κ1) is 12.3. The summed E-state index contributed by atoms with van der Waals surface area (Å²) in [4.78, 5) is 6.47. The highest BCUT2D eigenvalue weighted by molar-refractivity contribution is 5.81. The summed E-state index contributed by atoms with van der Waals surface area (Å²) in [6.45, 7) is 1.45. The van der Waals surface area contributed by atoms with Crippen molar-refractivity contribution in [2.45, 2.75) is 13.0 Å². The van der Waals surface area contributed by atoms with E-state index in [1.807, 2.05) is 31.3 Å². The summed E-state index contributed by atoms with van der Waals surface area (Å²) in [5.74, 6) is 0.567. The molecule has 0 saturated heterocycles. The van der Waals surface area contributed by atoms with Crippen molar-refractivity contribution in [3.8, 4) is 6.07 Å². The topological polar surface area (TPSA) is 65.9 Å². The van der Waals surface area contributed by atoms with Gasteiger partial charge in [0.1, 0.15) is 5.82 Å². The van der Waals surface area contributed by atoms with E-state index >= 15 is 0 Å². The molecule has 0 spiro atoms. The molecule has 2 aromatic rings. The zero-order valence-corrected chi connectivity index (χ0v) is 10.4. The van der Waals surface area contributed by atoms with Crippen LogP contribution < -0.4 is 5.73 Å². The fourth-order valence-electron chi connectivity index (χ4n) is 1.91. The molecular weight excluding hydrogens is 224 g/mol. The van der Waals surface area contributed by atoms with Gasteiger partial charge in [0, 0.05) is 30.5 Å². The van der Waals surface area contributed by atoms with Gasteiger partial charge in [0.25, 0.3) is 0 Å². The molecule has 2 rings (SSSR count). The number of hydrogen-bond donors (Lipinski definition) is 1. The number of para-hydroxylation sites is 1. The maximum Gasteiger partial charge on any atom is 0.128 e. The lowest BCUT2D eigenvalue weighted by Gasteiger charge is -2.16. The largest absolute Gasteiger partial charge is 0.383 e. The molecule has 2 N–H and O–H groups in total. The molecule has 18 heavy (non-hydrogen) atoms. The van der Waals surface area contributed by atoms with Crippen molar-refractivity contribution in [1.82, 2.24) is 9.88 Å². The molecule has 0 amide bonds. The number of aromatic nitrogens is 1. The SMILES string of the molecule is CN(CCC#N)Cc1cc2ccccc2nc1N. The van der Waals surface area contributed by atoms with Crippen molar-refractivity contribution in [2.24, 2.45) is 0 Å². The van der Waals surface area contributed by atoms with Crippen LogP contribution in [-0.4, -0.2) is 23.5 Å². The smallest absolute Gasteiger partial charge is 0.128 e. The second kappa shape index (κ2) is 5.48. The first-order valence-corrected chi connectivity index (χ1v) is 5.90. The molecule has 0 fully saturated rings. The van der Waals surface area contributed by atoms with Gasteiger partial charge in [-0.1, -0.05) is 18.2 Å². The van der Waals surface area contributed by atoms with Crippen LogP contribution in [0.2, 0.25) is 0 Å². The van der Waals surface area contributed by atoms with Gasteiger partial charge in [0.2, 0.25) is 0 Å². The summed E-state index contributed by atoms with van der Waals surface area (Å²) in [5, 5.41) is 9.66. The second-order valence-corrected chi connectivity index (χ2v) is 4.37. The van der Waals surface area contributed by atoms with E-state index in [2.05, 4.69) is 22.0 Å². The van der Waals surface area contributed by atoms with E-state index in [0.29, 0.717) is 18.8 Å². The van der Waals surface area contributed by atoms with Gasteiger partial charge in [-0.3, -0.25) is 0 Å². The Kier molecular flexibility index (Phi) is 3.75. The Hall–Kier alpha value is -2.12. The standard InChI is InChI=1S/C14H16N4/c1-18(8-4-7-15)10-12-9-11-5-2-3-6-13(11)17-14(12)16/h2-3,5-6,9H,4,8,10H2,1H3,(H2,16,17). The van der Waals surface area contributed by atoms with Crippen molar-refractivity contribution >= 4 is 16.7 Å². The lowest BCUT2D eigenvalue weighted by molar-refractivity contribution is 0.335. The van der Waals surface area contributed by atoms with Crippen LogP contribution in [0.3, 0.4) is 0 Å². The maximum absolute atomic E-state index is 8.56. The average Bonchev–Trinajstić information content (AvgIpc) is 2.37. The summed E-state index contributed by atoms with van der Waals surface area (Å²) in [6, 6.07) is 12.1. The fourth-order valence-corrected chi connectivity index (χ4v) is 1.91. The van der Waals surface area contributed by atoms with Crippen LogP contribution in [0.1, 0.15) is 12.0 Å². The number of anilines is 1. The molecule has 1 aromatic heterocycles. The molecule has 4 heteroatoms. The fraction of sp³-hybridized carbons (Fsp3) is 0.286. The van der Waals surface area contributed by atoms with Gasteiger partial charge in [-0.2, -0.15) is 5.26 Å². The number of nitriles is 1. The number of hydrogen-bond acceptors (Lipinski definition) is 4. The predicted octanol–water partition coefficient (Wildman–Crippen LogP) is 2.16. The van der Waals surface area contributed by atoms with E-state index < -0.39 is 0 Å². The Morgan fingerprint density at radius 1 is 1.39 bits per heavy atom. The molecule has 92 valence electrons. The van der Waals surface area contributed by atoms with E-state index in [1.54, 1.807) is 0 Å². The molecule has 1 aromatic carbocycles. The number of nitrogen functional groups attached to an aromatic ring is 1. The minimum absolute atomic E-state index is 0.525. The van der Waals surface area contributed by atoms with Crippen LogP contribution >= 0.6 is 0 Å². The minimum Gasteiger partial charge on any atom is -0.383 e. The molecular formula is C14H16N4. The normalized spacial score (nSPS) is 10.7. The molecule has 0 aliphatic heterocycles. The second-order valence-electron chi connectivity index (χ2n) is 4.37. The van der Waals surface area contributed by atoms with E-state index in [0.717, 1.165) is 23.0 Å². The Labute approximate surface area is 107 Å². The number of nitrogens with two attached hydrogens (primary N) is 1. The molecule has 0 saturated carbocycles. The van der Waals surface area contributed by atoms with Gasteiger partial charge in [-0.15, -0.1) is 0 Å². The lowest BCUT2D eigenvalue weighted by atomic mass is 10.1. The Morgan fingerprint density at radius 3 is 2.94 bits per heavy atom. The molecule has 0 aliphatic carbocycles. The average molecular weight is 240 g/mol. The summed E-state index contributed by atoms with van der Waals surface area (Å²) in [5.41, 5.74) is 7.88. The third-order valence-electron chi connectivity index (χ3n) is 2.88. The van der Waals surface area contributed by atoms with Gasteiger partial charge in [0.15, 0.2) is 0 Å². The number of fused-ring (bicyclic) bond motifs is 1. The van der Waals surface area contributed by atoms with Crippen LogP contribution in [0.4, 0.5) is 5.82 Å². The van der Waals surface area contributed by atoms with Crippen molar-refractivity contribution in [3.63, 3.8) is 0 Å². The molecule has 0 unspecified atom stereocenters. The van der Waals surface area contributed by atoms with E-state index in [9.17, 15) is 0 Å². The summed E-state index contributed by atoms with van der Waals surface area (Å²) < 4.78 is 0. The monoisotopic (exact) mass is 240 g/mol. The third kappa shape index (κ3) is 2.76. The zero-order chi connectivity index (χ0) is 13.0. The van der Waals surface area contributed by atoms with Gasteiger partial charge >= 0.3 is 0 Å². The Balaban J connectivity index is 2.23. The van der Waals surface area contributed by atoms with Crippen LogP contribution in [0.5, 0.6) is 0 Å². The highest BCUT2D eigenvalue weighted by Gasteiger charge is 2.06. The van der Waals surface area contributed by atoms with Crippen molar-refractivity contribution in [3.05, 3.63) is 35.9 Å². The summed E-state index contributed by atoms with van der Waals surface area (Å²) >= 11 is 0. The zero-order valence-electron chi connectivity index (χ0n) is 10.4. The Morgan fingerprint density at radius 2 is 2.17 bits per heavy atom. The van der Waals surface area contributed by atoms with Crippen molar-refractivity contribution < 1.29 is 0 Å². The molecule has 1 heterocycles. The van der Waals surface area contributed by atoms with Crippen LogP contribution in [-0.2, 0) is 6.54 Å². The highest BCUT2D eigenvalue weighted by atomic mass is 15.1. The van der Waals surface area contributed by atoms with Crippen molar-refractivity contribution in [1.29, 1.82) is 5.26 Å². The quantitative estimate of drug-likeness (QED) is 0.889. The minimum atomic E-state index is 0.525.